The summed E-state index contributed by atoms with van der Waals surface area (Å²) in [4.78, 5) is 35.2. The van der Waals surface area contributed by atoms with Crippen molar-refractivity contribution in [1.82, 2.24) is 15.5 Å². The minimum atomic E-state index is -1.01. The molecule has 0 aliphatic heterocycles. The van der Waals surface area contributed by atoms with Crippen molar-refractivity contribution in [3.63, 3.8) is 0 Å². The molecule has 7 heteroatoms. The summed E-state index contributed by atoms with van der Waals surface area (Å²) in [6.07, 6.45) is 0.832. The van der Waals surface area contributed by atoms with E-state index in [4.69, 9.17) is 5.11 Å². The predicted molar refractivity (Wildman–Crippen MR) is 75.3 cm³/mol. The van der Waals surface area contributed by atoms with Crippen molar-refractivity contribution in [3.8, 4) is 0 Å². The van der Waals surface area contributed by atoms with Gasteiger partial charge in [0.15, 0.2) is 0 Å². The first-order valence-electron chi connectivity index (χ1n) is 6.75. The largest absolute Gasteiger partial charge is 0.480 e. The van der Waals surface area contributed by atoms with Gasteiger partial charge < -0.3 is 10.4 Å². The molecule has 0 bridgehead atoms. The lowest BCUT2D eigenvalue weighted by Gasteiger charge is -2.23. The summed E-state index contributed by atoms with van der Waals surface area (Å²) in [5.74, 6) is -1.05. The Labute approximate surface area is 119 Å². The van der Waals surface area contributed by atoms with Gasteiger partial charge in [0.2, 0.25) is 5.91 Å². The van der Waals surface area contributed by atoms with Gasteiger partial charge in [0.25, 0.3) is 0 Å². The first-order chi connectivity index (χ1) is 9.22. The minimum absolute atomic E-state index is 0.0964. The van der Waals surface area contributed by atoms with Crippen molar-refractivity contribution < 1.29 is 19.5 Å². The summed E-state index contributed by atoms with van der Waals surface area (Å²) >= 11 is 0. The third-order valence-electron chi connectivity index (χ3n) is 2.68. The van der Waals surface area contributed by atoms with E-state index in [1.54, 1.807) is 13.8 Å². The van der Waals surface area contributed by atoms with Crippen molar-refractivity contribution in [2.75, 3.05) is 19.6 Å². The van der Waals surface area contributed by atoms with Gasteiger partial charge >= 0.3 is 12.0 Å². The van der Waals surface area contributed by atoms with E-state index in [1.807, 2.05) is 13.8 Å². The van der Waals surface area contributed by atoms with Gasteiger partial charge in [0.05, 0.1) is 13.1 Å². The SMILES string of the molecule is CC(C)CCNC(=O)NC(=O)CN(CC(=O)O)C(C)C. The number of carboxylic acids is 1. The Morgan fingerprint density at radius 2 is 1.70 bits per heavy atom. The second-order valence-corrected chi connectivity index (χ2v) is 5.38. The maximum atomic E-state index is 11.6. The molecule has 0 aromatic rings. The number of carbonyl (C=O) groups is 3. The third kappa shape index (κ3) is 9.32. The molecular formula is C13H25N3O4. The van der Waals surface area contributed by atoms with Crippen LogP contribution in [0.3, 0.4) is 0 Å². The molecule has 0 saturated heterocycles. The quantitative estimate of drug-likeness (QED) is 0.609. The van der Waals surface area contributed by atoms with Crippen molar-refractivity contribution in [1.29, 1.82) is 0 Å². The number of nitrogens with one attached hydrogen (secondary N) is 2. The Hall–Kier alpha value is -1.63. The molecule has 7 nitrogen and oxygen atoms in total. The molecule has 0 spiro atoms. The highest BCUT2D eigenvalue weighted by Crippen LogP contribution is 1.97. The zero-order chi connectivity index (χ0) is 15.7. The number of hydrogen-bond acceptors (Lipinski definition) is 4. The number of urea groups is 1. The van der Waals surface area contributed by atoms with Gasteiger partial charge in [-0.2, -0.15) is 0 Å². The molecule has 3 N–H and O–H groups in total. The van der Waals surface area contributed by atoms with Gasteiger partial charge in [-0.05, 0) is 26.2 Å². The highest BCUT2D eigenvalue weighted by atomic mass is 16.4. The van der Waals surface area contributed by atoms with E-state index in [2.05, 4.69) is 10.6 Å². The Kier molecular flexibility index (Phi) is 8.54. The molecule has 0 aromatic carbocycles. The standard InChI is InChI=1S/C13H25N3O4/c1-9(2)5-6-14-13(20)15-11(17)7-16(10(3)4)8-12(18)19/h9-10H,5-8H2,1-4H3,(H,18,19)(H2,14,15,17,20). The number of carboxylic acid groups (broad SMARTS) is 1. The average Bonchev–Trinajstić information content (AvgIpc) is 2.26. The lowest BCUT2D eigenvalue weighted by molar-refractivity contribution is -0.139. The normalized spacial score (nSPS) is 10.9. The van der Waals surface area contributed by atoms with Crippen LogP contribution >= 0.6 is 0 Å². The molecule has 0 unspecified atom stereocenters. The second kappa shape index (κ2) is 9.30. The molecular weight excluding hydrogens is 262 g/mol. The van der Waals surface area contributed by atoms with E-state index < -0.39 is 17.9 Å². The minimum Gasteiger partial charge on any atom is -0.480 e. The van der Waals surface area contributed by atoms with E-state index >= 15 is 0 Å². The first-order valence-corrected chi connectivity index (χ1v) is 6.75. The van der Waals surface area contributed by atoms with E-state index in [0.29, 0.717) is 12.5 Å². The van der Waals surface area contributed by atoms with E-state index in [1.165, 1.54) is 4.90 Å². The van der Waals surface area contributed by atoms with Crippen LogP contribution in [0.4, 0.5) is 4.79 Å². The van der Waals surface area contributed by atoms with Crippen LogP contribution in [0, 0.1) is 5.92 Å². The maximum absolute atomic E-state index is 11.6. The van der Waals surface area contributed by atoms with Crippen LogP contribution in [-0.2, 0) is 9.59 Å². The van der Waals surface area contributed by atoms with Gasteiger partial charge in [0, 0.05) is 12.6 Å². The summed E-state index contributed by atoms with van der Waals surface area (Å²) in [5, 5.41) is 13.5. The lowest BCUT2D eigenvalue weighted by Crippen LogP contribution is -2.47. The molecule has 0 atom stereocenters. The molecule has 0 aromatic heterocycles. The Balaban J connectivity index is 4.12. The second-order valence-electron chi connectivity index (χ2n) is 5.38. The van der Waals surface area contributed by atoms with Crippen molar-refractivity contribution in [2.45, 2.75) is 40.2 Å². The Morgan fingerprint density at radius 3 is 2.15 bits per heavy atom. The number of imide groups is 1. The van der Waals surface area contributed by atoms with E-state index in [-0.39, 0.29) is 19.1 Å². The van der Waals surface area contributed by atoms with E-state index in [0.717, 1.165) is 6.42 Å². The van der Waals surface area contributed by atoms with Gasteiger partial charge in [-0.1, -0.05) is 13.8 Å². The van der Waals surface area contributed by atoms with Gasteiger partial charge in [-0.15, -0.1) is 0 Å². The van der Waals surface area contributed by atoms with Crippen LogP contribution in [0.15, 0.2) is 0 Å². The number of hydrogen-bond donors (Lipinski definition) is 3. The Morgan fingerprint density at radius 1 is 1.10 bits per heavy atom. The molecule has 0 saturated carbocycles. The molecule has 0 heterocycles. The topological polar surface area (TPSA) is 98.7 Å². The van der Waals surface area contributed by atoms with Crippen LogP contribution < -0.4 is 10.6 Å². The molecule has 0 fully saturated rings. The molecule has 0 aliphatic rings. The van der Waals surface area contributed by atoms with Crippen LogP contribution in [0.2, 0.25) is 0 Å². The van der Waals surface area contributed by atoms with Crippen molar-refractivity contribution in [3.05, 3.63) is 0 Å². The fraction of sp³-hybridized carbons (Fsp3) is 0.769. The Bertz CT molecular complexity index is 343. The maximum Gasteiger partial charge on any atom is 0.321 e. The third-order valence-corrected chi connectivity index (χ3v) is 2.68. The number of rotatable bonds is 8. The zero-order valence-corrected chi connectivity index (χ0v) is 12.6. The monoisotopic (exact) mass is 287 g/mol. The molecule has 3 amide bonds. The van der Waals surface area contributed by atoms with Gasteiger partial charge in [0.1, 0.15) is 0 Å². The van der Waals surface area contributed by atoms with Crippen LogP contribution in [0.5, 0.6) is 0 Å². The predicted octanol–water partition coefficient (Wildman–Crippen LogP) is 0.653. The number of nitrogens with zero attached hydrogens (tertiary/aromatic N) is 1. The summed E-state index contributed by atoms with van der Waals surface area (Å²) in [6, 6.07) is -0.643. The summed E-state index contributed by atoms with van der Waals surface area (Å²) in [6.45, 7) is 7.80. The van der Waals surface area contributed by atoms with E-state index in [9.17, 15) is 14.4 Å². The summed E-state index contributed by atoms with van der Waals surface area (Å²) in [7, 11) is 0. The smallest absolute Gasteiger partial charge is 0.321 e. The van der Waals surface area contributed by atoms with Gasteiger partial charge in [-0.25, -0.2) is 4.79 Å². The highest BCUT2D eigenvalue weighted by molar-refractivity contribution is 5.95. The zero-order valence-electron chi connectivity index (χ0n) is 12.6. The van der Waals surface area contributed by atoms with Crippen molar-refractivity contribution in [2.24, 2.45) is 5.92 Å². The number of aliphatic carboxylic acids is 1. The first kappa shape index (κ1) is 18.4. The van der Waals surface area contributed by atoms with Crippen LogP contribution in [-0.4, -0.2) is 53.6 Å². The highest BCUT2D eigenvalue weighted by Gasteiger charge is 2.18. The molecule has 0 rings (SSSR count). The van der Waals surface area contributed by atoms with Crippen molar-refractivity contribution >= 4 is 17.9 Å². The average molecular weight is 287 g/mol. The van der Waals surface area contributed by atoms with Crippen LogP contribution in [0.1, 0.15) is 34.1 Å². The number of carbonyl (C=O) groups excluding carboxylic acids is 2. The van der Waals surface area contributed by atoms with Gasteiger partial charge in [-0.3, -0.25) is 19.8 Å². The molecule has 116 valence electrons. The molecule has 0 aliphatic carbocycles. The number of amides is 3. The lowest BCUT2D eigenvalue weighted by atomic mass is 10.1. The summed E-state index contributed by atoms with van der Waals surface area (Å²) in [5.41, 5.74) is 0. The molecule has 20 heavy (non-hydrogen) atoms. The molecule has 0 radical (unpaired) electrons. The fourth-order valence-electron chi connectivity index (χ4n) is 1.46. The van der Waals surface area contributed by atoms with Crippen LogP contribution in [0.25, 0.3) is 0 Å². The summed E-state index contributed by atoms with van der Waals surface area (Å²) < 4.78 is 0. The fourth-order valence-corrected chi connectivity index (χ4v) is 1.46.